The number of imidazole rings is 1. The first-order valence-electron chi connectivity index (χ1n) is 8.76. The van der Waals surface area contributed by atoms with Gasteiger partial charge in [-0.05, 0) is 67.8 Å². The van der Waals surface area contributed by atoms with Crippen LogP contribution in [0.3, 0.4) is 0 Å². The number of aryl methyl sites for hydroxylation is 2. The van der Waals surface area contributed by atoms with Crippen LogP contribution in [0.2, 0.25) is 0 Å². The van der Waals surface area contributed by atoms with E-state index in [1.807, 2.05) is 50.3 Å². The Kier molecular flexibility index (Phi) is 4.36. The van der Waals surface area contributed by atoms with E-state index in [-0.39, 0.29) is 5.56 Å². The molecule has 0 unspecified atom stereocenters. The summed E-state index contributed by atoms with van der Waals surface area (Å²) in [6, 6.07) is 9.71. The standard InChI is InChI=1S/C21H20N2O3S/c1-5-26-17-7-6-14(10-18(17)25-4)11-19-20(24)23-16-9-13(3)12(2)8-15(16)22-21(23)27-19/h6-11H,5H2,1-4H3/b19-11-. The minimum Gasteiger partial charge on any atom is -0.493 e. The summed E-state index contributed by atoms with van der Waals surface area (Å²) in [7, 11) is 1.61. The first-order chi connectivity index (χ1) is 13.0. The van der Waals surface area contributed by atoms with Crippen LogP contribution in [0, 0.1) is 13.8 Å². The maximum atomic E-state index is 13.0. The molecule has 0 radical (unpaired) electrons. The molecule has 0 bridgehead atoms. The van der Waals surface area contributed by atoms with Crippen LogP contribution in [0.1, 0.15) is 23.6 Å². The smallest absolute Gasteiger partial charge is 0.274 e. The number of hydrogen-bond donors (Lipinski definition) is 0. The largest absolute Gasteiger partial charge is 0.493 e. The number of methoxy groups -OCH3 is 1. The summed E-state index contributed by atoms with van der Waals surface area (Å²) in [5.41, 5.74) is 4.88. The molecule has 0 saturated carbocycles. The Balaban J connectivity index is 1.88. The number of ether oxygens (including phenoxy) is 2. The van der Waals surface area contributed by atoms with Gasteiger partial charge in [-0.25, -0.2) is 9.38 Å². The molecule has 0 saturated heterocycles. The predicted octanol–water partition coefficient (Wildman–Crippen LogP) is 3.48. The summed E-state index contributed by atoms with van der Waals surface area (Å²) < 4.78 is 13.3. The second-order valence-electron chi connectivity index (χ2n) is 6.41. The normalized spacial score (nSPS) is 12.2. The molecule has 0 aliphatic carbocycles. The topological polar surface area (TPSA) is 52.8 Å². The number of thiazole rings is 1. The highest BCUT2D eigenvalue weighted by atomic mass is 32.1. The van der Waals surface area contributed by atoms with Crippen LogP contribution in [0.15, 0.2) is 35.1 Å². The number of aromatic nitrogens is 2. The van der Waals surface area contributed by atoms with Crippen molar-refractivity contribution in [2.24, 2.45) is 0 Å². The molecule has 2 aromatic heterocycles. The van der Waals surface area contributed by atoms with Crippen LogP contribution >= 0.6 is 11.3 Å². The SMILES string of the molecule is CCOc1ccc(/C=c2\sc3nc4cc(C)c(C)cc4n3c2=O)cc1OC. The first-order valence-corrected chi connectivity index (χ1v) is 9.58. The van der Waals surface area contributed by atoms with Crippen LogP contribution in [0.25, 0.3) is 22.1 Å². The molecule has 2 heterocycles. The van der Waals surface area contributed by atoms with Gasteiger partial charge >= 0.3 is 0 Å². The molecule has 0 atom stereocenters. The van der Waals surface area contributed by atoms with Crippen LogP contribution < -0.4 is 19.6 Å². The summed E-state index contributed by atoms with van der Waals surface area (Å²) in [6.45, 7) is 6.60. The second-order valence-corrected chi connectivity index (χ2v) is 7.42. The Morgan fingerprint density at radius 3 is 2.67 bits per heavy atom. The number of nitrogens with zero attached hydrogens (tertiary/aromatic N) is 2. The van der Waals surface area contributed by atoms with Gasteiger partial charge in [-0.3, -0.25) is 4.79 Å². The molecular weight excluding hydrogens is 360 g/mol. The molecule has 0 amide bonds. The third-order valence-corrected chi connectivity index (χ3v) is 5.61. The Morgan fingerprint density at radius 1 is 1.15 bits per heavy atom. The van der Waals surface area contributed by atoms with E-state index in [0.717, 1.165) is 22.2 Å². The monoisotopic (exact) mass is 380 g/mol. The lowest BCUT2D eigenvalue weighted by Gasteiger charge is -2.09. The molecule has 2 aromatic carbocycles. The zero-order valence-corrected chi connectivity index (χ0v) is 16.5. The molecule has 4 aromatic rings. The highest BCUT2D eigenvalue weighted by Gasteiger charge is 2.12. The number of benzene rings is 2. The minimum atomic E-state index is -0.0476. The van der Waals surface area contributed by atoms with Crippen molar-refractivity contribution >= 4 is 33.4 Å². The van der Waals surface area contributed by atoms with Gasteiger partial charge in [0.25, 0.3) is 5.56 Å². The van der Waals surface area contributed by atoms with Crippen LogP contribution in [0.5, 0.6) is 11.5 Å². The Morgan fingerprint density at radius 2 is 1.93 bits per heavy atom. The molecule has 0 N–H and O–H groups in total. The maximum absolute atomic E-state index is 13.0. The minimum absolute atomic E-state index is 0.0476. The molecule has 4 rings (SSSR count). The van der Waals surface area contributed by atoms with Crippen molar-refractivity contribution in [1.82, 2.24) is 9.38 Å². The van der Waals surface area contributed by atoms with Crippen molar-refractivity contribution in [3.8, 4) is 11.5 Å². The van der Waals surface area contributed by atoms with Gasteiger partial charge in [-0.2, -0.15) is 0 Å². The second kappa shape index (κ2) is 6.70. The molecule has 6 heteroatoms. The van der Waals surface area contributed by atoms with E-state index in [2.05, 4.69) is 11.9 Å². The van der Waals surface area contributed by atoms with Gasteiger partial charge in [0.2, 0.25) is 0 Å². The maximum Gasteiger partial charge on any atom is 0.274 e. The molecule has 0 aliphatic rings. The Bertz CT molecular complexity index is 1270. The van der Waals surface area contributed by atoms with Crippen molar-refractivity contribution in [2.75, 3.05) is 13.7 Å². The predicted molar refractivity (Wildman–Crippen MR) is 109 cm³/mol. The lowest BCUT2D eigenvalue weighted by atomic mass is 10.1. The van der Waals surface area contributed by atoms with Crippen LogP contribution in [0.4, 0.5) is 0 Å². The van der Waals surface area contributed by atoms with E-state index >= 15 is 0 Å². The van der Waals surface area contributed by atoms with E-state index in [1.165, 1.54) is 16.9 Å². The van der Waals surface area contributed by atoms with E-state index < -0.39 is 0 Å². The van der Waals surface area contributed by atoms with Crippen LogP contribution in [-0.2, 0) is 0 Å². The Hall–Kier alpha value is -2.86. The zero-order valence-electron chi connectivity index (χ0n) is 15.7. The summed E-state index contributed by atoms with van der Waals surface area (Å²) in [4.78, 5) is 18.3. The lowest BCUT2D eigenvalue weighted by molar-refractivity contribution is 0.311. The van der Waals surface area contributed by atoms with Gasteiger partial charge in [-0.15, -0.1) is 0 Å². The number of fused-ring (bicyclic) bond motifs is 3. The van der Waals surface area contributed by atoms with E-state index in [0.29, 0.717) is 27.6 Å². The zero-order chi connectivity index (χ0) is 19.1. The van der Waals surface area contributed by atoms with E-state index in [9.17, 15) is 4.79 Å². The van der Waals surface area contributed by atoms with Gasteiger partial charge in [-0.1, -0.05) is 17.4 Å². The number of rotatable bonds is 4. The van der Waals surface area contributed by atoms with E-state index in [1.54, 1.807) is 11.5 Å². The van der Waals surface area contributed by atoms with Gasteiger partial charge < -0.3 is 9.47 Å². The lowest BCUT2D eigenvalue weighted by Crippen LogP contribution is -2.22. The molecule has 5 nitrogen and oxygen atoms in total. The van der Waals surface area contributed by atoms with Gasteiger partial charge in [0.05, 0.1) is 29.3 Å². The molecule has 0 spiro atoms. The summed E-state index contributed by atoms with van der Waals surface area (Å²) in [5.74, 6) is 1.34. The van der Waals surface area contributed by atoms with Gasteiger partial charge in [0.15, 0.2) is 16.5 Å². The van der Waals surface area contributed by atoms with Crippen molar-refractivity contribution in [3.63, 3.8) is 0 Å². The van der Waals surface area contributed by atoms with E-state index in [4.69, 9.17) is 9.47 Å². The van der Waals surface area contributed by atoms with Crippen molar-refractivity contribution in [2.45, 2.75) is 20.8 Å². The Labute approximate surface area is 160 Å². The molecule has 0 fully saturated rings. The molecule has 27 heavy (non-hydrogen) atoms. The van der Waals surface area contributed by atoms with Crippen molar-refractivity contribution in [3.05, 3.63) is 61.9 Å². The average molecular weight is 380 g/mol. The summed E-state index contributed by atoms with van der Waals surface area (Å²) in [5, 5.41) is 0. The first kappa shape index (κ1) is 17.5. The van der Waals surface area contributed by atoms with Crippen LogP contribution in [-0.4, -0.2) is 23.1 Å². The fourth-order valence-electron chi connectivity index (χ4n) is 3.12. The third-order valence-electron chi connectivity index (χ3n) is 4.64. The third kappa shape index (κ3) is 2.96. The number of hydrogen-bond acceptors (Lipinski definition) is 5. The molecular formula is C21H20N2O3S. The van der Waals surface area contributed by atoms with Gasteiger partial charge in [0, 0.05) is 0 Å². The molecule has 0 aliphatic heterocycles. The van der Waals surface area contributed by atoms with Gasteiger partial charge in [0.1, 0.15) is 0 Å². The fourth-order valence-corrected chi connectivity index (χ4v) is 4.11. The summed E-state index contributed by atoms with van der Waals surface area (Å²) >= 11 is 1.40. The summed E-state index contributed by atoms with van der Waals surface area (Å²) in [6.07, 6.45) is 1.87. The van der Waals surface area contributed by atoms with Crippen molar-refractivity contribution in [1.29, 1.82) is 0 Å². The average Bonchev–Trinajstić information content (AvgIpc) is 3.13. The van der Waals surface area contributed by atoms with Crippen molar-refractivity contribution < 1.29 is 9.47 Å². The quantitative estimate of drug-likeness (QED) is 0.544. The fraction of sp³-hybridized carbons (Fsp3) is 0.238. The highest BCUT2D eigenvalue weighted by Crippen LogP contribution is 2.28. The highest BCUT2D eigenvalue weighted by molar-refractivity contribution is 7.15. The molecule has 138 valence electrons.